The van der Waals surface area contributed by atoms with Gasteiger partial charge in [-0.05, 0) is 37.9 Å². The van der Waals surface area contributed by atoms with Crippen LogP contribution in [0.5, 0.6) is 0 Å². The molecule has 0 spiro atoms. The zero-order valence-electron chi connectivity index (χ0n) is 15.1. The average molecular weight is 355 g/mol. The van der Waals surface area contributed by atoms with Crippen molar-refractivity contribution >= 4 is 22.8 Å². The third-order valence-electron chi connectivity index (χ3n) is 5.12. The number of amides is 1. The molecule has 1 fully saturated rings. The van der Waals surface area contributed by atoms with Crippen molar-refractivity contribution in [2.45, 2.75) is 31.7 Å². The molecule has 1 unspecified atom stereocenters. The van der Waals surface area contributed by atoms with Crippen molar-refractivity contribution in [3.63, 3.8) is 0 Å². The van der Waals surface area contributed by atoms with Crippen molar-refractivity contribution in [2.24, 2.45) is 0 Å². The summed E-state index contributed by atoms with van der Waals surface area (Å²) in [6, 6.07) is 10.1. The summed E-state index contributed by atoms with van der Waals surface area (Å²) in [5, 5.41) is 10.0. The van der Waals surface area contributed by atoms with Gasteiger partial charge in [0.15, 0.2) is 0 Å². The lowest BCUT2D eigenvalue weighted by atomic mass is 10.1. The maximum atomic E-state index is 12.8. The van der Waals surface area contributed by atoms with Crippen LogP contribution in [0.1, 0.15) is 24.8 Å². The number of benzene rings is 1. The SMILES string of the molecule is CN(CC(=O)O)C1CCCN(C(=O)Cc2cccc3cccnc23)CC1. The van der Waals surface area contributed by atoms with E-state index in [1.54, 1.807) is 6.20 Å². The molecule has 1 aromatic carbocycles. The Morgan fingerprint density at radius 3 is 2.85 bits per heavy atom. The summed E-state index contributed by atoms with van der Waals surface area (Å²) in [4.78, 5) is 31.9. The molecule has 1 N–H and O–H groups in total. The Bertz CT molecular complexity index is 787. The van der Waals surface area contributed by atoms with Gasteiger partial charge < -0.3 is 10.0 Å². The van der Waals surface area contributed by atoms with Crippen molar-refractivity contribution in [3.8, 4) is 0 Å². The van der Waals surface area contributed by atoms with Gasteiger partial charge in [0, 0.05) is 30.7 Å². The van der Waals surface area contributed by atoms with Gasteiger partial charge in [-0.15, -0.1) is 0 Å². The monoisotopic (exact) mass is 355 g/mol. The fraction of sp³-hybridized carbons (Fsp3) is 0.450. The molecule has 3 rings (SSSR count). The van der Waals surface area contributed by atoms with Gasteiger partial charge in [-0.2, -0.15) is 0 Å². The number of carbonyl (C=O) groups is 2. The Hall–Kier alpha value is -2.47. The van der Waals surface area contributed by atoms with Gasteiger partial charge in [0.05, 0.1) is 18.5 Å². The Morgan fingerprint density at radius 1 is 1.23 bits per heavy atom. The first kappa shape index (κ1) is 18.3. The molecule has 1 aromatic heterocycles. The molecular weight excluding hydrogens is 330 g/mol. The van der Waals surface area contributed by atoms with Crippen LogP contribution in [-0.4, -0.2) is 64.5 Å². The van der Waals surface area contributed by atoms with Gasteiger partial charge >= 0.3 is 5.97 Å². The summed E-state index contributed by atoms with van der Waals surface area (Å²) < 4.78 is 0. The predicted molar refractivity (Wildman–Crippen MR) is 99.9 cm³/mol. The first-order valence-electron chi connectivity index (χ1n) is 9.07. The van der Waals surface area contributed by atoms with Crippen LogP contribution in [0, 0.1) is 0 Å². The molecule has 0 aliphatic carbocycles. The first-order chi connectivity index (χ1) is 12.5. The summed E-state index contributed by atoms with van der Waals surface area (Å²) in [5.41, 5.74) is 1.84. The Balaban J connectivity index is 1.64. The van der Waals surface area contributed by atoms with Crippen molar-refractivity contribution in [2.75, 3.05) is 26.7 Å². The number of hydrogen-bond acceptors (Lipinski definition) is 4. The number of nitrogens with zero attached hydrogens (tertiary/aromatic N) is 3. The van der Waals surface area contributed by atoms with E-state index in [1.165, 1.54) is 0 Å². The van der Waals surface area contributed by atoms with Gasteiger partial charge in [-0.25, -0.2) is 0 Å². The van der Waals surface area contributed by atoms with Crippen molar-refractivity contribution in [3.05, 3.63) is 42.1 Å². The minimum atomic E-state index is -0.812. The zero-order chi connectivity index (χ0) is 18.5. The van der Waals surface area contributed by atoms with Crippen LogP contribution in [0.2, 0.25) is 0 Å². The van der Waals surface area contributed by atoms with E-state index in [0.29, 0.717) is 13.0 Å². The number of hydrogen-bond donors (Lipinski definition) is 1. The quantitative estimate of drug-likeness (QED) is 0.890. The van der Waals surface area contributed by atoms with Crippen LogP contribution in [0.3, 0.4) is 0 Å². The molecule has 2 heterocycles. The molecule has 2 aromatic rings. The number of aliphatic carboxylic acids is 1. The van der Waals surface area contributed by atoms with Gasteiger partial charge in [0.1, 0.15) is 0 Å². The lowest BCUT2D eigenvalue weighted by Gasteiger charge is -2.25. The molecule has 1 atom stereocenters. The average Bonchev–Trinajstić information content (AvgIpc) is 2.88. The minimum Gasteiger partial charge on any atom is -0.480 e. The molecule has 1 amide bonds. The highest BCUT2D eigenvalue weighted by Crippen LogP contribution is 2.19. The summed E-state index contributed by atoms with van der Waals surface area (Å²) in [7, 11) is 1.85. The second-order valence-electron chi connectivity index (χ2n) is 6.94. The van der Waals surface area contributed by atoms with Crippen LogP contribution >= 0.6 is 0 Å². The number of aromatic nitrogens is 1. The second kappa shape index (κ2) is 8.27. The smallest absolute Gasteiger partial charge is 0.317 e. The van der Waals surface area contributed by atoms with Crippen molar-refractivity contribution in [1.82, 2.24) is 14.8 Å². The molecular formula is C20H25N3O3. The van der Waals surface area contributed by atoms with E-state index in [-0.39, 0.29) is 18.5 Å². The standard InChI is InChI=1S/C20H25N3O3/c1-22(14-19(25)26)17-8-4-11-23(12-9-17)18(24)13-16-6-2-5-15-7-3-10-21-20(15)16/h2-3,5-7,10,17H,4,8-9,11-14H2,1H3,(H,25,26). The van der Waals surface area contributed by atoms with E-state index in [0.717, 1.165) is 42.3 Å². The highest BCUT2D eigenvalue weighted by Gasteiger charge is 2.24. The van der Waals surface area contributed by atoms with E-state index in [1.807, 2.05) is 47.2 Å². The zero-order valence-corrected chi connectivity index (χ0v) is 15.1. The first-order valence-corrected chi connectivity index (χ1v) is 9.07. The molecule has 138 valence electrons. The lowest BCUT2D eigenvalue weighted by Crippen LogP contribution is -2.37. The molecule has 0 saturated carbocycles. The maximum Gasteiger partial charge on any atom is 0.317 e. The molecule has 6 nitrogen and oxygen atoms in total. The molecule has 0 radical (unpaired) electrons. The minimum absolute atomic E-state index is 0.0420. The second-order valence-corrected chi connectivity index (χ2v) is 6.94. The highest BCUT2D eigenvalue weighted by molar-refractivity contribution is 5.87. The van der Waals surface area contributed by atoms with Gasteiger partial charge in [-0.3, -0.25) is 19.5 Å². The van der Waals surface area contributed by atoms with Gasteiger partial charge in [0.25, 0.3) is 0 Å². The third-order valence-corrected chi connectivity index (χ3v) is 5.12. The Kier molecular flexibility index (Phi) is 5.83. The fourth-order valence-corrected chi connectivity index (χ4v) is 3.70. The predicted octanol–water partition coefficient (Wildman–Crippen LogP) is 2.17. The van der Waals surface area contributed by atoms with E-state index < -0.39 is 5.97 Å². The van der Waals surface area contributed by atoms with Crippen molar-refractivity contribution < 1.29 is 14.7 Å². The number of rotatable bonds is 5. The third kappa shape index (κ3) is 4.38. The molecule has 1 saturated heterocycles. The molecule has 26 heavy (non-hydrogen) atoms. The lowest BCUT2D eigenvalue weighted by molar-refractivity contribution is -0.138. The van der Waals surface area contributed by atoms with Crippen LogP contribution in [0.25, 0.3) is 10.9 Å². The van der Waals surface area contributed by atoms with Crippen LogP contribution in [-0.2, 0) is 16.0 Å². The van der Waals surface area contributed by atoms with Crippen LogP contribution in [0.15, 0.2) is 36.5 Å². The topological polar surface area (TPSA) is 73.7 Å². The molecule has 6 heteroatoms. The number of carboxylic acid groups (broad SMARTS) is 1. The summed E-state index contributed by atoms with van der Waals surface area (Å²) in [6.07, 6.45) is 4.73. The largest absolute Gasteiger partial charge is 0.480 e. The number of carbonyl (C=O) groups excluding carboxylic acids is 1. The summed E-state index contributed by atoms with van der Waals surface area (Å²) >= 11 is 0. The Labute approximate surface area is 153 Å². The number of pyridine rings is 1. The number of likely N-dealkylation sites (tertiary alicyclic amines) is 1. The summed E-state index contributed by atoms with van der Waals surface area (Å²) in [5.74, 6) is -0.696. The maximum absolute atomic E-state index is 12.8. The highest BCUT2D eigenvalue weighted by atomic mass is 16.4. The van der Waals surface area contributed by atoms with E-state index >= 15 is 0 Å². The molecule has 1 aliphatic rings. The molecule has 0 bridgehead atoms. The van der Waals surface area contributed by atoms with Crippen molar-refractivity contribution in [1.29, 1.82) is 0 Å². The number of carboxylic acids is 1. The molecule has 1 aliphatic heterocycles. The van der Waals surface area contributed by atoms with E-state index in [4.69, 9.17) is 5.11 Å². The number of para-hydroxylation sites is 1. The Morgan fingerprint density at radius 2 is 2.04 bits per heavy atom. The normalized spacial score (nSPS) is 18.1. The van der Waals surface area contributed by atoms with Gasteiger partial charge in [0.2, 0.25) is 5.91 Å². The van der Waals surface area contributed by atoms with E-state index in [9.17, 15) is 9.59 Å². The van der Waals surface area contributed by atoms with E-state index in [2.05, 4.69) is 4.98 Å². The van der Waals surface area contributed by atoms with Crippen LogP contribution in [0.4, 0.5) is 0 Å². The number of likely N-dealkylation sites (N-methyl/N-ethyl adjacent to an activating group) is 1. The summed E-state index contributed by atoms with van der Waals surface area (Å²) in [6.45, 7) is 1.44. The van der Waals surface area contributed by atoms with Gasteiger partial charge in [-0.1, -0.05) is 24.3 Å². The fourth-order valence-electron chi connectivity index (χ4n) is 3.70. The van der Waals surface area contributed by atoms with Crippen LogP contribution < -0.4 is 0 Å². The number of fused-ring (bicyclic) bond motifs is 1.